The number of benzene rings is 1. The van der Waals surface area contributed by atoms with E-state index in [1.54, 1.807) is 0 Å². The summed E-state index contributed by atoms with van der Waals surface area (Å²) in [7, 11) is 2.21. The zero-order valence-electron chi connectivity index (χ0n) is 12.5. The summed E-state index contributed by atoms with van der Waals surface area (Å²) in [5, 5.41) is 3.57. The largest absolute Gasteiger partial charge is 0.311 e. The number of likely N-dealkylation sites (N-methyl/N-ethyl adjacent to an activating group) is 1. The minimum Gasteiger partial charge on any atom is -0.311 e. The topological polar surface area (TPSA) is 18.5 Å². The van der Waals surface area contributed by atoms with Crippen molar-refractivity contribution >= 4 is 0 Å². The molecule has 1 aliphatic heterocycles. The van der Waals surface area contributed by atoms with Crippen LogP contribution < -0.4 is 5.32 Å². The Morgan fingerprint density at radius 2 is 1.74 bits per heavy atom. The zero-order valence-corrected chi connectivity index (χ0v) is 12.5. The summed E-state index contributed by atoms with van der Waals surface area (Å²) in [6.07, 6.45) is 0. The van der Waals surface area contributed by atoms with Gasteiger partial charge in [0.15, 0.2) is 0 Å². The number of hydrogen-bond donors (Lipinski definition) is 1. The molecule has 1 atom stereocenters. The Morgan fingerprint density at radius 3 is 2.37 bits per heavy atom. The van der Waals surface area contributed by atoms with Crippen LogP contribution in [-0.2, 0) is 6.54 Å². The number of nitrogens with one attached hydrogen (secondary N) is 1. The van der Waals surface area contributed by atoms with Crippen molar-refractivity contribution in [2.45, 2.75) is 26.4 Å². The summed E-state index contributed by atoms with van der Waals surface area (Å²) in [6.45, 7) is 11.3. The molecule has 1 saturated heterocycles. The van der Waals surface area contributed by atoms with Gasteiger partial charge in [0.1, 0.15) is 0 Å². The molecule has 1 N–H and O–H groups in total. The number of hydrogen-bond acceptors (Lipinski definition) is 3. The van der Waals surface area contributed by atoms with Crippen molar-refractivity contribution in [1.82, 2.24) is 15.1 Å². The predicted molar refractivity (Wildman–Crippen MR) is 81.4 cm³/mol. The van der Waals surface area contributed by atoms with Gasteiger partial charge in [-0.2, -0.15) is 0 Å². The molecule has 3 nitrogen and oxygen atoms in total. The lowest BCUT2D eigenvalue weighted by molar-refractivity contribution is 0.118. The van der Waals surface area contributed by atoms with E-state index in [4.69, 9.17) is 0 Å². The van der Waals surface area contributed by atoms with Gasteiger partial charge in [-0.05, 0) is 26.5 Å². The van der Waals surface area contributed by atoms with Gasteiger partial charge in [0, 0.05) is 45.3 Å². The molecule has 0 bridgehead atoms. The Morgan fingerprint density at radius 1 is 1.11 bits per heavy atom. The molecule has 19 heavy (non-hydrogen) atoms. The van der Waals surface area contributed by atoms with E-state index < -0.39 is 0 Å². The lowest BCUT2D eigenvalue weighted by atomic mass is 10.1. The molecule has 0 radical (unpaired) electrons. The first-order valence-corrected chi connectivity index (χ1v) is 7.34. The highest BCUT2D eigenvalue weighted by molar-refractivity contribution is 5.21. The monoisotopic (exact) mass is 261 g/mol. The van der Waals surface area contributed by atoms with Gasteiger partial charge < -0.3 is 10.2 Å². The molecule has 0 saturated carbocycles. The van der Waals surface area contributed by atoms with Crippen LogP contribution in [0.5, 0.6) is 0 Å². The summed E-state index contributed by atoms with van der Waals surface area (Å²) in [5.41, 5.74) is 2.70. The summed E-state index contributed by atoms with van der Waals surface area (Å²) < 4.78 is 0. The highest BCUT2D eigenvalue weighted by atomic mass is 15.3. The molecule has 106 valence electrons. The molecule has 0 aromatic heterocycles. The fourth-order valence-electron chi connectivity index (χ4n) is 2.52. The second kappa shape index (κ2) is 7.04. The summed E-state index contributed by atoms with van der Waals surface area (Å²) in [4.78, 5) is 4.99. The van der Waals surface area contributed by atoms with Crippen molar-refractivity contribution in [3.63, 3.8) is 0 Å². The van der Waals surface area contributed by atoms with Crippen LogP contribution in [0.3, 0.4) is 0 Å². The summed E-state index contributed by atoms with van der Waals surface area (Å²) in [5.74, 6) is 0. The third-order valence-electron chi connectivity index (χ3n) is 4.05. The highest BCUT2D eigenvalue weighted by Crippen LogP contribution is 2.05. The Kier molecular flexibility index (Phi) is 5.37. The van der Waals surface area contributed by atoms with Gasteiger partial charge in [0.25, 0.3) is 0 Å². The Balaban J connectivity index is 1.69. The van der Waals surface area contributed by atoms with Crippen molar-refractivity contribution in [3.8, 4) is 0 Å². The molecular formula is C16H27N3. The Hall–Kier alpha value is -0.900. The molecule has 1 unspecified atom stereocenters. The van der Waals surface area contributed by atoms with Gasteiger partial charge in [-0.3, -0.25) is 4.90 Å². The maximum atomic E-state index is 3.57. The van der Waals surface area contributed by atoms with Crippen LogP contribution in [-0.4, -0.2) is 55.6 Å². The second-order valence-corrected chi connectivity index (χ2v) is 5.80. The smallest absolute Gasteiger partial charge is 0.0206 e. The van der Waals surface area contributed by atoms with Crippen molar-refractivity contribution in [2.75, 3.05) is 39.8 Å². The second-order valence-electron chi connectivity index (χ2n) is 5.80. The minimum atomic E-state index is 0.624. The third-order valence-corrected chi connectivity index (χ3v) is 4.05. The van der Waals surface area contributed by atoms with E-state index in [0.717, 1.165) is 13.1 Å². The van der Waals surface area contributed by atoms with E-state index in [-0.39, 0.29) is 0 Å². The van der Waals surface area contributed by atoms with Crippen molar-refractivity contribution in [2.24, 2.45) is 0 Å². The Bertz CT molecular complexity index is 366. The number of aryl methyl sites for hydroxylation is 1. The fraction of sp³-hybridized carbons (Fsp3) is 0.625. The normalized spacial score (nSPS) is 19.5. The molecule has 2 rings (SSSR count). The molecule has 0 aliphatic carbocycles. The van der Waals surface area contributed by atoms with Crippen molar-refractivity contribution in [1.29, 1.82) is 0 Å². The molecule has 1 heterocycles. The standard InChI is InChI=1S/C16H27N3/c1-14-4-6-16(7-5-14)13-17-12-15(2)19-10-8-18(3)9-11-19/h4-7,15,17H,8-13H2,1-3H3. The van der Waals surface area contributed by atoms with E-state index in [1.807, 2.05) is 0 Å². The van der Waals surface area contributed by atoms with E-state index in [9.17, 15) is 0 Å². The molecule has 1 aromatic carbocycles. The lowest BCUT2D eigenvalue weighted by Gasteiger charge is -2.36. The highest BCUT2D eigenvalue weighted by Gasteiger charge is 2.18. The van der Waals surface area contributed by atoms with Gasteiger partial charge in [-0.1, -0.05) is 29.8 Å². The van der Waals surface area contributed by atoms with Gasteiger partial charge in [0.05, 0.1) is 0 Å². The van der Waals surface area contributed by atoms with Gasteiger partial charge >= 0.3 is 0 Å². The molecule has 1 fully saturated rings. The van der Waals surface area contributed by atoms with Crippen LogP contribution in [0.1, 0.15) is 18.1 Å². The van der Waals surface area contributed by atoms with E-state index in [0.29, 0.717) is 6.04 Å². The molecule has 0 amide bonds. The SMILES string of the molecule is Cc1ccc(CNCC(C)N2CCN(C)CC2)cc1. The number of nitrogens with zero attached hydrogens (tertiary/aromatic N) is 2. The van der Waals surface area contributed by atoms with Gasteiger partial charge in [-0.15, -0.1) is 0 Å². The first-order valence-electron chi connectivity index (χ1n) is 7.34. The summed E-state index contributed by atoms with van der Waals surface area (Å²) in [6, 6.07) is 9.41. The molecule has 1 aliphatic rings. The van der Waals surface area contributed by atoms with Gasteiger partial charge in [-0.25, -0.2) is 0 Å². The molecule has 1 aromatic rings. The van der Waals surface area contributed by atoms with Crippen LogP contribution in [0.2, 0.25) is 0 Å². The first-order chi connectivity index (χ1) is 9.15. The van der Waals surface area contributed by atoms with Crippen LogP contribution >= 0.6 is 0 Å². The quantitative estimate of drug-likeness (QED) is 0.871. The Labute approximate surface area is 117 Å². The maximum Gasteiger partial charge on any atom is 0.0206 e. The first kappa shape index (κ1) is 14.5. The number of rotatable bonds is 5. The van der Waals surface area contributed by atoms with Crippen molar-refractivity contribution in [3.05, 3.63) is 35.4 Å². The average molecular weight is 261 g/mol. The maximum absolute atomic E-state index is 3.57. The van der Waals surface area contributed by atoms with E-state index >= 15 is 0 Å². The van der Waals surface area contributed by atoms with Crippen LogP contribution in [0.25, 0.3) is 0 Å². The molecule has 3 heteroatoms. The van der Waals surface area contributed by atoms with Crippen LogP contribution in [0, 0.1) is 6.92 Å². The average Bonchev–Trinajstić information content (AvgIpc) is 2.41. The minimum absolute atomic E-state index is 0.624. The lowest BCUT2D eigenvalue weighted by Crippen LogP contribution is -2.50. The van der Waals surface area contributed by atoms with E-state index in [2.05, 4.69) is 60.3 Å². The molecular weight excluding hydrogens is 234 g/mol. The van der Waals surface area contributed by atoms with Crippen molar-refractivity contribution < 1.29 is 0 Å². The van der Waals surface area contributed by atoms with Crippen LogP contribution in [0.4, 0.5) is 0 Å². The van der Waals surface area contributed by atoms with Gasteiger partial charge in [0.2, 0.25) is 0 Å². The van der Waals surface area contributed by atoms with Crippen LogP contribution in [0.15, 0.2) is 24.3 Å². The summed E-state index contributed by atoms with van der Waals surface area (Å²) >= 11 is 0. The fourth-order valence-corrected chi connectivity index (χ4v) is 2.52. The van der Waals surface area contributed by atoms with E-state index in [1.165, 1.54) is 37.3 Å². The zero-order chi connectivity index (χ0) is 13.7. The number of piperazine rings is 1. The molecule has 0 spiro atoms. The third kappa shape index (κ3) is 4.60. The predicted octanol–water partition coefficient (Wildman–Crippen LogP) is 1.72.